The van der Waals surface area contributed by atoms with Crippen LogP contribution in [0, 0.1) is 11.3 Å². The first-order valence-corrected chi connectivity index (χ1v) is 10.1. The third kappa shape index (κ3) is 3.65. The van der Waals surface area contributed by atoms with Crippen LogP contribution < -0.4 is 0 Å². The second-order valence-corrected chi connectivity index (χ2v) is 7.60. The van der Waals surface area contributed by atoms with E-state index in [1.165, 1.54) is 28.7 Å². The van der Waals surface area contributed by atoms with E-state index >= 15 is 0 Å². The van der Waals surface area contributed by atoms with Crippen molar-refractivity contribution in [3.63, 3.8) is 0 Å². The summed E-state index contributed by atoms with van der Waals surface area (Å²) in [5, 5.41) is 10.4. The normalized spacial score (nSPS) is 20.8. The molecule has 1 atom stereocenters. The van der Waals surface area contributed by atoms with Gasteiger partial charge in [0.15, 0.2) is 6.29 Å². The van der Waals surface area contributed by atoms with Crippen LogP contribution in [0.3, 0.4) is 0 Å². The van der Waals surface area contributed by atoms with Gasteiger partial charge in [0.05, 0.1) is 6.07 Å². The first kappa shape index (κ1) is 18.2. The standard InChI is InChI=1S/C24H27NO2/c25-18-24(15-7-17-27-23-12-5-6-16-26-23)21-10-3-1-8-19(21)13-14-20-9-2-4-11-22(20)24/h1-4,8-11,23H,5-7,12-17H2. The van der Waals surface area contributed by atoms with Gasteiger partial charge in [0.1, 0.15) is 5.41 Å². The second kappa shape index (κ2) is 8.25. The van der Waals surface area contributed by atoms with Crippen molar-refractivity contribution in [1.82, 2.24) is 0 Å². The summed E-state index contributed by atoms with van der Waals surface area (Å²) in [6.45, 7) is 1.44. The number of benzene rings is 2. The van der Waals surface area contributed by atoms with Crippen LogP contribution in [0.15, 0.2) is 48.5 Å². The van der Waals surface area contributed by atoms with Crippen molar-refractivity contribution in [2.24, 2.45) is 0 Å². The highest BCUT2D eigenvalue weighted by Gasteiger charge is 2.39. The van der Waals surface area contributed by atoms with Crippen LogP contribution in [-0.2, 0) is 27.7 Å². The molecule has 140 valence electrons. The van der Waals surface area contributed by atoms with E-state index in [0.29, 0.717) is 6.61 Å². The van der Waals surface area contributed by atoms with Gasteiger partial charge in [-0.15, -0.1) is 0 Å². The van der Waals surface area contributed by atoms with Crippen LogP contribution >= 0.6 is 0 Å². The van der Waals surface area contributed by atoms with Crippen LogP contribution in [0.25, 0.3) is 0 Å². The lowest BCUT2D eigenvalue weighted by atomic mass is 9.71. The molecular weight excluding hydrogens is 334 g/mol. The molecule has 2 aliphatic rings. The lowest BCUT2D eigenvalue weighted by molar-refractivity contribution is -0.163. The van der Waals surface area contributed by atoms with E-state index in [-0.39, 0.29) is 6.29 Å². The molecule has 0 amide bonds. The van der Waals surface area contributed by atoms with E-state index in [0.717, 1.165) is 45.1 Å². The molecule has 1 aliphatic heterocycles. The van der Waals surface area contributed by atoms with Gasteiger partial charge in [-0.1, -0.05) is 48.5 Å². The zero-order chi connectivity index (χ0) is 18.5. The Kier molecular flexibility index (Phi) is 5.57. The predicted octanol–water partition coefficient (Wildman–Crippen LogP) is 4.92. The maximum atomic E-state index is 10.4. The Hall–Kier alpha value is -2.15. The van der Waals surface area contributed by atoms with Crippen molar-refractivity contribution < 1.29 is 9.47 Å². The largest absolute Gasteiger partial charge is 0.353 e. The quantitative estimate of drug-likeness (QED) is 0.710. The molecule has 1 unspecified atom stereocenters. The zero-order valence-electron chi connectivity index (χ0n) is 15.8. The highest BCUT2D eigenvalue weighted by molar-refractivity contribution is 5.54. The van der Waals surface area contributed by atoms with Crippen LogP contribution in [0.2, 0.25) is 0 Å². The topological polar surface area (TPSA) is 42.2 Å². The lowest BCUT2D eigenvalue weighted by Crippen LogP contribution is -2.28. The number of aryl methyl sites for hydroxylation is 2. The summed E-state index contributed by atoms with van der Waals surface area (Å²) in [7, 11) is 0. The van der Waals surface area contributed by atoms with Crippen LogP contribution in [0.1, 0.15) is 54.4 Å². The fourth-order valence-electron chi connectivity index (χ4n) is 4.56. The third-order valence-electron chi connectivity index (χ3n) is 5.95. The van der Waals surface area contributed by atoms with Crippen LogP contribution in [0.5, 0.6) is 0 Å². The van der Waals surface area contributed by atoms with Gasteiger partial charge in [-0.25, -0.2) is 0 Å². The van der Waals surface area contributed by atoms with Crippen molar-refractivity contribution in [2.45, 2.75) is 56.7 Å². The van der Waals surface area contributed by atoms with Crippen molar-refractivity contribution in [2.75, 3.05) is 13.2 Å². The molecule has 2 aromatic carbocycles. The number of ether oxygens (including phenoxy) is 2. The van der Waals surface area contributed by atoms with Gasteiger partial charge in [0.25, 0.3) is 0 Å². The Morgan fingerprint density at radius 2 is 1.67 bits per heavy atom. The molecule has 0 bridgehead atoms. The zero-order valence-corrected chi connectivity index (χ0v) is 15.8. The number of nitrogens with zero attached hydrogens (tertiary/aromatic N) is 1. The molecule has 1 heterocycles. The van der Waals surface area contributed by atoms with Gasteiger partial charge in [0.2, 0.25) is 0 Å². The third-order valence-corrected chi connectivity index (χ3v) is 5.95. The summed E-state index contributed by atoms with van der Waals surface area (Å²) in [5.41, 5.74) is 4.34. The van der Waals surface area contributed by atoms with E-state index < -0.39 is 5.41 Å². The van der Waals surface area contributed by atoms with Crippen molar-refractivity contribution in [3.05, 3.63) is 70.8 Å². The predicted molar refractivity (Wildman–Crippen MR) is 105 cm³/mol. The van der Waals surface area contributed by atoms with Gasteiger partial charge in [-0.2, -0.15) is 5.26 Å². The van der Waals surface area contributed by atoms with E-state index in [9.17, 15) is 5.26 Å². The summed E-state index contributed by atoms with van der Waals surface area (Å²) in [5.74, 6) is 0. The molecule has 1 aliphatic carbocycles. The van der Waals surface area contributed by atoms with Gasteiger partial charge in [-0.05, 0) is 67.2 Å². The molecule has 0 aromatic heterocycles. The van der Waals surface area contributed by atoms with Crippen molar-refractivity contribution in [3.8, 4) is 6.07 Å². The number of hydrogen-bond donors (Lipinski definition) is 0. The minimum Gasteiger partial charge on any atom is -0.353 e. The molecule has 3 heteroatoms. The fraction of sp³-hybridized carbons (Fsp3) is 0.458. The Bertz CT molecular complexity index is 770. The highest BCUT2D eigenvalue weighted by Crippen LogP contribution is 2.42. The average molecular weight is 361 g/mol. The minimum absolute atomic E-state index is 0.0644. The van der Waals surface area contributed by atoms with Crippen molar-refractivity contribution >= 4 is 0 Å². The highest BCUT2D eigenvalue weighted by atomic mass is 16.7. The number of nitriles is 1. The van der Waals surface area contributed by atoms with E-state index in [2.05, 4.69) is 54.6 Å². The van der Waals surface area contributed by atoms with Crippen molar-refractivity contribution in [1.29, 1.82) is 5.26 Å². The smallest absolute Gasteiger partial charge is 0.157 e. The van der Waals surface area contributed by atoms with Crippen LogP contribution in [-0.4, -0.2) is 19.5 Å². The Morgan fingerprint density at radius 1 is 1.00 bits per heavy atom. The molecule has 0 spiro atoms. The Morgan fingerprint density at radius 3 is 2.26 bits per heavy atom. The lowest BCUT2D eigenvalue weighted by Gasteiger charge is -2.30. The summed E-state index contributed by atoms with van der Waals surface area (Å²) in [6.07, 6.45) is 6.81. The number of fused-ring (bicyclic) bond motifs is 2. The molecule has 1 saturated heterocycles. The number of hydrogen-bond acceptors (Lipinski definition) is 3. The summed E-state index contributed by atoms with van der Waals surface area (Å²) >= 11 is 0. The fourth-order valence-corrected chi connectivity index (χ4v) is 4.56. The minimum atomic E-state index is -0.597. The first-order chi connectivity index (χ1) is 13.3. The van der Waals surface area contributed by atoms with Crippen LogP contribution in [0.4, 0.5) is 0 Å². The Balaban J connectivity index is 1.58. The maximum Gasteiger partial charge on any atom is 0.157 e. The molecule has 0 N–H and O–H groups in total. The summed E-state index contributed by atoms with van der Waals surface area (Å²) in [4.78, 5) is 0. The molecule has 0 saturated carbocycles. The Labute approximate surface area is 161 Å². The van der Waals surface area contributed by atoms with Gasteiger partial charge >= 0.3 is 0 Å². The molecule has 2 aromatic rings. The maximum absolute atomic E-state index is 10.4. The average Bonchev–Trinajstić information content (AvgIpc) is 2.87. The van der Waals surface area contributed by atoms with E-state index in [1.807, 2.05) is 0 Å². The SMILES string of the molecule is N#CC1(CCCOC2CCCCO2)c2ccccc2CCc2ccccc21. The van der Waals surface area contributed by atoms with E-state index in [1.54, 1.807) is 0 Å². The number of rotatable bonds is 5. The molecular formula is C24H27NO2. The van der Waals surface area contributed by atoms with Gasteiger partial charge < -0.3 is 9.47 Å². The molecule has 0 radical (unpaired) electrons. The van der Waals surface area contributed by atoms with Gasteiger partial charge in [-0.3, -0.25) is 0 Å². The van der Waals surface area contributed by atoms with Gasteiger partial charge in [0, 0.05) is 13.2 Å². The van der Waals surface area contributed by atoms with E-state index in [4.69, 9.17) is 9.47 Å². The molecule has 27 heavy (non-hydrogen) atoms. The summed E-state index contributed by atoms with van der Waals surface area (Å²) in [6, 6.07) is 19.7. The summed E-state index contributed by atoms with van der Waals surface area (Å²) < 4.78 is 11.6. The first-order valence-electron chi connectivity index (χ1n) is 10.1. The molecule has 4 rings (SSSR count). The monoisotopic (exact) mass is 361 g/mol. The second-order valence-electron chi connectivity index (χ2n) is 7.60. The molecule has 1 fully saturated rings. The molecule has 3 nitrogen and oxygen atoms in total.